The Morgan fingerprint density at radius 2 is 0.841 bits per heavy atom. The van der Waals surface area contributed by atoms with Crippen molar-refractivity contribution in [2.24, 2.45) is 0 Å². The highest BCUT2D eigenvalue weighted by Gasteiger charge is 2.15. The van der Waals surface area contributed by atoms with Gasteiger partial charge < -0.3 is 9.88 Å². The minimum atomic E-state index is 1.06. The number of hydrogen-bond donors (Lipinski definition) is 1. The van der Waals surface area contributed by atoms with E-state index >= 15 is 0 Å². The number of fused-ring (bicyclic) bond motifs is 3. The Balaban J connectivity index is 1.19. The topological polar surface area (TPSA) is 17.0 Å². The SMILES string of the molecule is c1ccc(-c2ccc3c(c2)c2cc(-c4ccc(Nc5ccccc5-c5ccccc5)cc4)ccc2n3-c2ccccc2)cc1. The number of nitrogens with zero attached hydrogens (tertiary/aromatic N) is 1. The van der Waals surface area contributed by atoms with Crippen LogP contribution in [0.4, 0.5) is 11.4 Å². The van der Waals surface area contributed by atoms with E-state index in [0.29, 0.717) is 0 Å². The van der Waals surface area contributed by atoms with Crippen molar-refractivity contribution >= 4 is 33.2 Å². The second-order valence-electron chi connectivity index (χ2n) is 11.1. The molecule has 0 aliphatic carbocycles. The van der Waals surface area contributed by atoms with Crippen molar-refractivity contribution in [3.8, 4) is 39.1 Å². The van der Waals surface area contributed by atoms with Crippen molar-refractivity contribution < 1.29 is 0 Å². The zero-order chi connectivity index (χ0) is 29.3. The summed E-state index contributed by atoms with van der Waals surface area (Å²) in [6, 6.07) is 62.7. The van der Waals surface area contributed by atoms with Gasteiger partial charge in [-0.15, -0.1) is 0 Å². The average Bonchev–Trinajstić information content (AvgIpc) is 3.43. The van der Waals surface area contributed by atoms with Crippen molar-refractivity contribution in [2.75, 3.05) is 5.32 Å². The summed E-state index contributed by atoms with van der Waals surface area (Å²) in [7, 11) is 0. The highest BCUT2D eigenvalue weighted by Crippen LogP contribution is 2.37. The first-order valence-corrected chi connectivity index (χ1v) is 15.0. The van der Waals surface area contributed by atoms with Crippen LogP contribution < -0.4 is 5.32 Å². The lowest BCUT2D eigenvalue weighted by Crippen LogP contribution is -1.93. The Morgan fingerprint density at radius 3 is 1.45 bits per heavy atom. The summed E-state index contributed by atoms with van der Waals surface area (Å²) in [6.07, 6.45) is 0. The van der Waals surface area contributed by atoms with Crippen molar-refractivity contribution in [1.82, 2.24) is 4.57 Å². The van der Waals surface area contributed by atoms with Gasteiger partial charge >= 0.3 is 0 Å². The van der Waals surface area contributed by atoms with Gasteiger partial charge in [-0.25, -0.2) is 0 Å². The first-order valence-electron chi connectivity index (χ1n) is 15.0. The van der Waals surface area contributed by atoms with Crippen molar-refractivity contribution in [3.63, 3.8) is 0 Å². The van der Waals surface area contributed by atoms with Gasteiger partial charge in [0.1, 0.15) is 0 Å². The zero-order valence-electron chi connectivity index (χ0n) is 24.2. The first kappa shape index (κ1) is 25.8. The molecule has 0 radical (unpaired) electrons. The maximum absolute atomic E-state index is 3.64. The minimum absolute atomic E-state index is 1.06. The number of benzene rings is 7. The zero-order valence-corrected chi connectivity index (χ0v) is 24.2. The molecular formula is C42H30N2. The normalized spacial score (nSPS) is 11.2. The lowest BCUT2D eigenvalue weighted by Gasteiger charge is -2.13. The van der Waals surface area contributed by atoms with Gasteiger partial charge in [0.05, 0.1) is 11.0 Å². The molecule has 0 fully saturated rings. The smallest absolute Gasteiger partial charge is 0.0541 e. The van der Waals surface area contributed by atoms with Crippen LogP contribution in [0.1, 0.15) is 0 Å². The van der Waals surface area contributed by atoms with Crippen molar-refractivity contribution in [1.29, 1.82) is 0 Å². The molecule has 0 amide bonds. The summed E-state index contributed by atoms with van der Waals surface area (Å²) < 4.78 is 2.38. The molecule has 0 aliphatic heterocycles. The van der Waals surface area contributed by atoms with Gasteiger partial charge in [0.25, 0.3) is 0 Å². The molecule has 208 valence electrons. The predicted octanol–water partition coefficient (Wildman–Crippen LogP) is 11.5. The Morgan fingerprint density at radius 1 is 0.364 bits per heavy atom. The molecular weight excluding hydrogens is 532 g/mol. The third-order valence-corrected chi connectivity index (χ3v) is 8.40. The first-order chi connectivity index (χ1) is 21.8. The van der Waals surface area contributed by atoms with E-state index in [1.165, 1.54) is 60.9 Å². The molecule has 8 aromatic rings. The Kier molecular flexibility index (Phi) is 6.51. The number of para-hydroxylation sites is 2. The maximum Gasteiger partial charge on any atom is 0.0541 e. The van der Waals surface area contributed by atoms with Gasteiger partial charge in [-0.05, 0) is 82.4 Å². The fraction of sp³-hybridized carbons (Fsp3) is 0. The van der Waals surface area contributed by atoms with Gasteiger partial charge in [0.15, 0.2) is 0 Å². The van der Waals surface area contributed by atoms with Crippen LogP contribution in [0.15, 0.2) is 176 Å². The average molecular weight is 563 g/mol. The van der Waals surface area contributed by atoms with E-state index in [4.69, 9.17) is 0 Å². The molecule has 2 heteroatoms. The van der Waals surface area contributed by atoms with Gasteiger partial charge in [-0.1, -0.05) is 121 Å². The van der Waals surface area contributed by atoms with Crippen LogP contribution in [0.2, 0.25) is 0 Å². The molecule has 2 nitrogen and oxygen atoms in total. The van der Waals surface area contributed by atoms with E-state index in [-0.39, 0.29) is 0 Å². The molecule has 0 spiro atoms. The number of nitrogens with one attached hydrogen (secondary N) is 1. The molecule has 8 rings (SSSR count). The maximum atomic E-state index is 3.64. The van der Waals surface area contributed by atoms with Crippen LogP contribution >= 0.6 is 0 Å². The summed E-state index contributed by atoms with van der Waals surface area (Å²) in [5.41, 5.74) is 13.0. The number of aromatic nitrogens is 1. The molecule has 1 heterocycles. The summed E-state index contributed by atoms with van der Waals surface area (Å²) in [5.74, 6) is 0. The summed E-state index contributed by atoms with van der Waals surface area (Å²) >= 11 is 0. The third-order valence-electron chi connectivity index (χ3n) is 8.40. The van der Waals surface area contributed by atoms with Gasteiger partial charge in [0.2, 0.25) is 0 Å². The molecule has 0 atom stereocenters. The molecule has 1 N–H and O–H groups in total. The molecule has 0 saturated carbocycles. The summed E-state index contributed by atoms with van der Waals surface area (Å²) in [5, 5.41) is 6.14. The second-order valence-corrected chi connectivity index (χ2v) is 11.1. The largest absolute Gasteiger partial charge is 0.355 e. The lowest BCUT2D eigenvalue weighted by atomic mass is 10.00. The monoisotopic (exact) mass is 562 g/mol. The van der Waals surface area contributed by atoms with Gasteiger partial charge in [-0.3, -0.25) is 0 Å². The highest BCUT2D eigenvalue weighted by molar-refractivity contribution is 6.11. The summed E-state index contributed by atoms with van der Waals surface area (Å²) in [6.45, 7) is 0. The van der Waals surface area contributed by atoms with Gasteiger partial charge in [-0.2, -0.15) is 0 Å². The van der Waals surface area contributed by atoms with E-state index in [1.54, 1.807) is 0 Å². The number of anilines is 2. The Hall–Kier alpha value is -5.86. The summed E-state index contributed by atoms with van der Waals surface area (Å²) in [4.78, 5) is 0. The van der Waals surface area contributed by atoms with E-state index in [0.717, 1.165) is 11.4 Å². The molecule has 1 aromatic heterocycles. The molecule has 0 unspecified atom stereocenters. The van der Waals surface area contributed by atoms with Crippen LogP contribution in [0.3, 0.4) is 0 Å². The molecule has 44 heavy (non-hydrogen) atoms. The lowest BCUT2D eigenvalue weighted by molar-refractivity contribution is 1.18. The molecule has 0 bridgehead atoms. The molecule has 7 aromatic carbocycles. The number of rotatable bonds is 6. The van der Waals surface area contributed by atoms with Crippen LogP contribution in [0.5, 0.6) is 0 Å². The standard InChI is InChI=1S/C42H30N2/c1-4-12-30(13-5-1)33-22-26-41-38(28-33)39-29-34(23-27-42(39)44(41)36-16-8-3-9-17-36)31-20-24-35(25-21-31)43-40-19-11-10-18-37(40)32-14-6-2-7-15-32/h1-29,43H. The van der Waals surface area contributed by atoms with E-state index in [1.807, 2.05) is 0 Å². The van der Waals surface area contributed by atoms with Gasteiger partial charge in [0, 0.05) is 33.4 Å². The van der Waals surface area contributed by atoms with Crippen molar-refractivity contribution in [2.45, 2.75) is 0 Å². The third kappa shape index (κ3) is 4.73. The van der Waals surface area contributed by atoms with E-state index in [9.17, 15) is 0 Å². The van der Waals surface area contributed by atoms with Crippen LogP contribution in [0, 0.1) is 0 Å². The van der Waals surface area contributed by atoms with Crippen LogP contribution in [-0.2, 0) is 0 Å². The predicted molar refractivity (Wildman–Crippen MR) is 187 cm³/mol. The quantitative estimate of drug-likeness (QED) is 0.213. The molecule has 0 aliphatic rings. The molecule has 0 saturated heterocycles. The minimum Gasteiger partial charge on any atom is -0.355 e. The fourth-order valence-corrected chi connectivity index (χ4v) is 6.23. The van der Waals surface area contributed by atoms with E-state index < -0.39 is 0 Å². The van der Waals surface area contributed by atoms with Crippen molar-refractivity contribution in [3.05, 3.63) is 176 Å². The highest BCUT2D eigenvalue weighted by atomic mass is 15.0. The van der Waals surface area contributed by atoms with Crippen LogP contribution in [-0.4, -0.2) is 4.57 Å². The Bertz CT molecular complexity index is 2210. The van der Waals surface area contributed by atoms with Crippen LogP contribution in [0.25, 0.3) is 60.9 Å². The second kappa shape index (κ2) is 11.1. The Labute approximate surface area is 257 Å². The fourth-order valence-electron chi connectivity index (χ4n) is 6.23. The van der Waals surface area contributed by atoms with E-state index in [2.05, 4.69) is 186 Å². The number of hydrogen-bond acceptors (Lipinski definition) is 1.